The van der Waals surface area contributed by atoms with Gasteiger partial charge in [-0.2, -0.15) is 4.31 Å². The van der Waals surface area contributed by atoms with E-state index >= 15 is 0 Å². The molecule has 2 heterocycles. The topological polar surface area (TPSA) is 66.5 Å². The Kier molecular flexibility index (Phi) is 5.03. The molecule has 2 aromatic rings. The number of nitrogens with zero attached hydrogens (tertiary/aromatic N) is 1. The van der Waals surface area contributed by atoms with Gasteiger partial charge in [0.1, 0.15) is 10.3 Å². The molecule has 1 aromatic heterocycles. The van der Waals surface area contributed by atoms with E-state index in [1.807, 2.05) is 31.2 Å². The van der Waals surface area contributed by atoms with Crippen LogP contribution in [0.2, 0.25) is 0 Å². The van der Waals surface area contributed by atoms with Gasteiger partial charge in [-0.15, -0.1) is 11.3 Å². The van der Waals surface area contributed by atoms with Crippen LogP contribution in [-0.2, 0) is 21.4 Å². The molecule has 0 spiro atoms. The number of thiophene rings is 1. The summed E-state index contributed by atoms with van der Waals surface area (Å²) in [5.74, 6) is -0.229. The van der Waals surface area contributed by atoms with Gasteiger partial charge in [0.15, 0.2) is 0 Å². The molecule has 128 valence electrons. The third-order valence-corrected chi connectivity index (χ3v) is 7.43. The first-order chi connectivity index (χ1) is 11.5. The summed E-state index contributed by atoms with van der Waals surface area (Å²) in [5.41, 5.74) is 2.16. The van der Waals surface area contributed by atoms with Crippen molar-refractivity contribution in [3.8, 4) is 0 Å². The highest BCUT2D eigenvalue weighted by Crippen LogP contribution is 2.28. The predicted octanol–water partition coefficient (Wildman–Crippen LogP) is 2.53. The fraction of sp³-hybridized carbons (Fsp3) is 0.353. The van der Waals surface area contributed by atoms with E-state index in [0.717, 1.165) is 11.1 Å². The number of benzene rings is 1. The van der Waals surface area contributed by atoms with Crippen LogP contribution in [0.1, 0.15) is 24.0 Å². The van der Waals surface area contributed by atoms with E-state index in [2.05, 4.69) is 5.32 Å². The number of nitrogens with one attached hydrogen (secondary N) is 1. The number of carbonyl (C=O) groups is 1. The molecule has 1 amide bonds. The summed E-state index contributed by atoms with van der Waals surface area (Å²) in [6.07, 6.45) is 1.26. The van der Waals surface area contributed by atoms with Gasteiger partial charge < -0.3 is 5.32 Å². The molecule has 1 aromatic carbocycles. The monoisotopic (exact) mass is 364 g/mol. The molecule has 1 unspecified atom stereocenters. The first-order valence-electron chi connectivity index (χ1n) is 7.87. The molecule has 1 fully saturated rings. The third-order valence-electron chi connectivity index (χ3n) is 4.15. The maximum Gasteiger partial charge on any atom is 0.253 e. The van der Waals surface area contributed by atoms with Gasteiger partial charge in [-0.1, -0.05) is 35.9 Å². The predicted molar refractivity (Wildman–Crippen MR) is 94.3 cm³/mol. The van der Waals surface area contributed by atoms with Gasteiger partial charge >= 0.3 is 0 Å². The summed E-state index contributed by atoms with van der Waals surface area (Å²) in [4.78, 5) is 12.5. The average molecular weight is 364 g/mol. The zero-order chi connectivity index (χ0) is 17.2. The summed E-state index contributed by atoms with van der Waals surface area (Å²) >= 11 is 1.18. The van der Waals surface area contributed by atoms with Gasteiger partial charge in [0.05, 0.1) is 0 Å². The zero-order valence-electron chi connectivity index (χ0n) is 13.4. The van der Waals surface area contributed by atoms with Crippen molar-refractivity contribution in [1.82, 2.24) is 9.62 Å². The van der Waals surface area contributed by atoms with Gasteiger partial charge in [-0.3, -0.25) is 4.79 Å². The van der Waals surface area contributed by atoms with Crippen molar-refractivity contribution in [3.05, 3.63) is 52.9 Å². The van der Waals surface area contributed by atoms with Gasteiger partial charge in [-0.25, -0.2) is 8.42 Å². The number of aryl methyl sites for hydroxylation is 1. The van der Waals surface area contributed by atoms with Crippen LogP contribution >= 0.6 is 11.3 Å². The Morgan fingerprint density at radius 3 is 2.71 bits per heavy atom. The quantitative estimate of drug-likeness (QED) is 0.886. The van der Waals surface area contributed by atoms with Crippen molar-refractivity contribution < 1.29 is 13.2 Å². The molecule has 1 aliphatic rings. The van der Waals surface area contributed by atoms with E-state index in [-0.39, 0.29) is 5.91 Å². The van der Waals surface area contributed by atoms with Crippen molar-refractivity contribution in [1.29, 1.82) is 0 Å². The van der Waals surface area contributed by atoms with Crippen LogP contribution in [0.15, 0.2) is 46.0 Å². The van der Waals surface area contributed by atoms with Crippen molar-refractivity contribution in [2.45, 2.75) is 36.6 Å². The maximum atomic E-state index is 12.7. The molecule has 24 heavy (non-hydrogen) atoms. The van der Waals surface area contributed by atoms with Crippen molar-refractivity contribution in [2.24, 2.45) is 0 Å². The summed E-state index contributed by atoms with van der Waals surface area (Å²) in [6.45, 7) is 2.81. The van der Waals surface area contributed by atoms with E-state index in [1.54, 1.807) is 17.5 Å². The molecule has 0 bridgehead atoms. The van der Waals surface area contributed by atoms with Crippen LogP contribution in [-0.4, -0.2) is 31.2 Å². The van der Waals surface area contributed by atoms with Gasteiger partial charge in [0.2, 0.25) is 5.91 Å². The minimum absolute atomic E-state index is 0.229. The van der Waals surface area contributed by atoms with E-state index in [0.29, 0.717) is 30.1 Å². The van der Waals surface area contributed by atoms with Gasteiger partial charge in [-0.05, 0) is 36.8 Å². The number of carbonyl (C=O) groups excluding carboxylic acids is 1. The first kappa shape index (κ1) is 17.1. The smallest absolute Gasteiger partial charge is 0.253 e. The maximum absolute atomic E-state index is 12.7. The Morgan fingerprint density at radius 2 is 2.04 bits per heavy atom. The Labute approximate surface area is 146 Å². The lowest BCUT2D eigenvalue weighted by Crippen LogP contribution is -2.45. The largest absolute Gasteiger partial charge is 0.351 e. The van der Waals surface area contributed by atoms with Gasteiger partial charge in [0, 0.05) is 13.1 Å². The number of rotatable bonds is 5. The minimum Gasteiger partial charge on any atom is -0.351 e. The lowest BCUT2D eigenvalue weighted by molar-refractivity contribution is -0.124. The number of hydrogen-bond donors (Lipinski definition) is 1. The molecule has 1 aliphatic heterocycles. The van der Waals surface area contributed by atoms with Crippen molar-refractivity contribution >= 4 is 27.3 Å². The lowest BCUT2D eigenvalue weighted by atomic mass is 10.1. The summed E-state index contributed by atoms with van der Waals surface area (Å²) < 4.78 is 27.0. The molecule has 1 saturated heterocycles. The normalized spacial score (nSPS) is 18.6. The van der Waals surface area contributed by atoms with E-state index in [9.17, 15) is 13.2 Å². The third kappa shape index (κ3) is 3.53. The highest BCUT2D eigenvalue weighted by molar-refractivity contribution is 7.91. The SMILES string of the molecule is Cc1ccc(CNC(=O)C2CCCN2S(=O)(=O)c2cccs2)cc1. The van der Waals surface area contributed by atoms with Crippen LogP contribution in [0.5, 0.6) is 0 Å². The minimum atomic E-state index is -3.59. The van der Waals surface area contributed by atoms with Crippen LogP contribution in [0.3, 0.4) is 0 Å². The van der Waals surface area contributed by atoms with Crippen LogP contribution < -0.4 is 5.32 Å². The van der Waals surface area contributed by atoms with Gasteiger partial charge in [0.25, 0.3) is 10.0 Å². The highest BCUT2D eigenvalue weighted by Gasteiger charge is 2.39. The highest BCUT2D eigenvalue weighted by atomic mass is 32.2. The fourth-order valence-corrected chi connectivity index (χ4v) is 5.60. The zero-order valence-corrected chi connectivity index (χ0v) is 15.1. The number of hydrogen-bond acceptors (Lipinski definition) is 4. The Balaban J connectivity index is 1.69. The molecule has 0 aliphatic carbocycles. The Hall–Kier alpha value is -1.70. The first-order valence-corrected chi connectivity index (χ1v) is 10.2. The second-order valence-corrected chi connectivity index (χ2v) is 8.97. The molecule has 7 heteroatoms. The van der Waals surface area contributed by atoms with E-state index < -0.39 is 16.1 Å². The van der Waals surface area contributed by atoms with Crippen LogP contribution in [0.25, 0.3) is 0 Å². The van der Waals surface area contributed by atoms with Crippen molar-refractivity contribution in [2.75, 3.05) is 6.54 Å². The lowest BCUT2D eigenvalue weighted by Gasteiger charge is -2.22. The van der Waals surface area contributed by atoms with Crippen LogP contribution in [0, 0.1) is 6.92 Å². The molecule has 1 atom stereocenters. The molecule has 5 nitrogen and oxygen atoms in total. The summed E-state index contributed by atoms with van der Waals surface area (Å²) in [5, 5.41) is 4.60. The molecular weight excluding hydrogens is 344 g/mol. The van der Waals surface area contributed by atoms with Crippen LogP contribution in [0.4, 0.5) is 0 Å². The van der Waals surface area contributed by atoms with E-state index in [4.69, 9.17) is 0 Å². The molecule has 0 radical (unpaired) electrons. The Morgan fingerprint density at radius 1 is 1.29 bits per heavy atom. The second-order valence-electron chi connectivity index (χ2n) is 5.91. The molecular formula is C17H20N2O3S2. The Bertz CT molecular complexity index is 799. The van der Waals surface area contributed by atoms with Crippen molar-refractivity contribution in [3.63, 3.8) is 0 Å². The molecule has 3 rings (SSSR count). The summed E-state index contributed by atoms with van der Waals surface area (Å²) in [6, 6.07) is 10.6. The fourth-order valence-electron chi connectivity index (χ4n) is 2.83. The molecule has 0 saturated carbocycles. The molecule has 1 N–H and O–H groups in total. The van der Waals surface area contributed by atoms with E-state index in [1.165, 1.54) is 15.6 Å². The number of amides is 1. The number of sulfonamides is 1. The summed E-state index contributed by atoms with van der Waals surface area (Å²) in [7, 11) is -3.59. The average Bonchev–Trinajstić information content (AvgIpc) is 3.25. The second kappa shape index (κ2) is 7.04. The standard InChI is InChI=1S/C17H20N2O3S2/c1-13-6-8-14(9-7-13)12-18-17(20)15-4-2-10-19(15)24(21,22)16-5-3-11-23-16/h3,5-9,11,15H,2,4,10,12H2,1H3,(H,18,20).